The summed E-state index contributed by atoms with van der Waals surface area (Å²) in [5.74, 6) is 0.685. The summed E-state index contributed by atoms with van der Waals surface area (Å²) < 4.78 is 3.04. The van der Waals surface area contributed by atoms with Crippen LogP contribution < -0.4 is 5.32 Å². The summed E-state index contributed by atoms with van der Waals surface area (Å²) in [7, 11) is 1.98. The van der Waals surface area contributed by atoms with Crippen LogP contribution in [0.5, 0.6) is 0 Å². The van der Waals surface area contributed by atoms with Crippen LogP contribution >= 0.6 is 15.9 Å². The molecule has 2 unspecified atom stereocenters. The predicted molar refractivity (Wildman–Crippen MR) is 84.6 cm³/mol. The van der Waals surface area contributed by atoms with Crippen LogP contribution in [0.3, 0.4) is 0 Å². The lowest BCUT2D eigenvalue weighted by molar-refractivity contribution is 0.0975. The van der Waals surface area contributed by atoms with Crippen LogP contribution in [0.15, 0.2) is 4.47 Å². The molecule has 0 radical (unpaired) electrons. The quantitative estimate of drug-likeness (QED) is 0.864. The molecule has 1 aromatic heterocycles. The molecule has 2 rings (SSSR count). The third-order valence-electron chi connectivity index (χ3n) is 4.53. The average molecular weight is 344 g/mol. The van der Waals surface area contributed by atoms with E-state index in [2.05, 4.69) is 40.2 Å². The van der Waals surface area contributed by atoms with Gasteiger partial charge in [-0.15, -0.1) is 0 Å². The van der Waals surface area contributed by atoms with Gasteiger partial charge in [0, 0.05) is 19.1 Å². The molecule has 0 amide bonds. The lowest BCUT2D eigenvalue weighted by Gasteiger charge is -2.39. The van der Waals surface area contributed by atoms with E-state index in [0.29, 0.717) is 5.92 Å². The van der Waals surface area contributed by atoms with Crippen LogP contribution in [0.25, 0.3) is 0 Å². The number of aliphatic hydroxyl groups excluding tert-OH is 1. The fourth-order valence-corrected chi connectivity index (χ4v) is 4.06. The molecule has 5 heteroatoms. The van der Waals surface area contributed by atoms with E-state index in [4.69, 9.17) is 0 Å². The standard InChI is InChI=1S/C15H26BrN3O/c1-4-12-14(16)13(19(3)18-12)9-17-15(10-20)7-5-6-11(2)8-15/h11,17,20H,4-10H2,1-3H3. The number of nitrogens with zero attached hydrogens (tertiary/aromatic N) is 2. The molecule has 1 fully saturated rings. The lowest BCUT2D eigenvalue weighted by atomic mass is 9.77. The van der Waals surface area contributed by atoms with Crippen molar-refractivity contribution in [2.24, 2.45) is 13.0 Å². The molecule has 4 nitrogen and oxygen atoms in total. The maximum atomic E-state index is 9.83. The zero-order valence-corrected chi connectivity index (χ0v) is 14.3. The van der Waals surface area contributed by atoms with Crippen LogP contribution in [-0.4, -0.2) is 27.0 Å². The molecule has 114 valence electrons. The highest BCUT2D eigenvalue weighted by molar-refractivity contribution is 9.10. The highest BCUT2D eigenvalue weighted by Gasteiger charge is 2.34. The maximum absolute atomic E-state index is 9.83. The second kappa shape index (κ2) is 6.58. The number of rotatable bonds is 5. The van der Waals surface area contributed by atoms with E-state index < -0.39 is 0 Å². The molecule has 0 aromatic carbocycles. The maximum Gasteiger partial charge on any atom is 0.0767 e. The van der Waals surface area contributed by atoms with Crippen LogP contribution in [0.4, 0.5) is 0 Å². The minimum atomic E-state index is -0.117. The van der Waals surface area contributed by atoms with E-state index in [0.717, 1.165) is 41.7 Å². The minimum absolute atomic E-state index is 0.117. The third kappa shape index (κ3) is 3.26. The second-order valence-corrected chi connectivity index (χ2v) is 6.97. The Balaban J connectivity index is 2.08. The molecule has 1 aromatic rings. The van der Waals surface area contributed by atoms with Crippen LogP contribution in [0.2, 0.25) is 0 Å². The summed E-state index contributed by atoms with van der Waals surface area (Å²) in [6.45, 7) is 5.35. The molecule has 2 N–H and O–H groups in total. The van der Waals surface area contributed by atoms with Crippen molar-refractivity contribution < 1.29 is 5.11 Å². The number of nitrogens with one attached hydrogen (secondary N) is 1. The van der Waals surface area contributed by atoms with Crippen molar-refractivity contribution in [2.45, 2.75) is 58.0 Å². The molecule has 0 spiro atoms. The number of halogens is 1. The number of aryl methyl sites for hydroxylation is 2. The van der Waals surface area contributed by atoms with Gasteiger partial charge < -0.3 is 10.4 Å². The predicted octanol–water partition coefficient (Wildman–Crippen LogP) is 2.78. The van der Waals surface area contributed by atoms with Gasteiger partial charge in [-0.05, 0) is 41.1 Å². The molecule has 1 saturated carbocycles. The van der Waals surface area contributed by atoms with Crippen molar-refractivity contribution in [3.8, 4) is 0 Å². The van der Waals surface area contributed by atoms with E-state index >= 15 is 0 Å². The van der Waals surface area contributed by atoms with Crippen molar-refractivity contribution in [2.75, 3.05) is 6.61 Å². The minimum Gasteiger partial charge on any atom is -0.394 e. The Bertz CT molecular complexity index is 460. The van der Waals surface area contributed by atoms with E-state index in [9.17, 15) is 5.11 Å². The van der Waals surface area contributed by atoms with Crippen molar-refractivity contribution >= 4 is 15.9 Å². The van der Waals surface area contributed by atoms with Gasteiger partial charge >= 0.3 is 0 Å². The van der Waals surface area contributed by atoms with Gasteiger partial charge in [0.15, 0.2) is 0 Å². The first-order valence-corrected chi connectivity index (χ1v) is 8.36. The Morgan fingerprint density at radius 1 is 1.55 bits per heavy atom. The summed E-state index contributed by atoms with van der Waals surface area (Å²) >= 11 is 3.65. The molecule has 0 bridgehead atoms. The molecule has 1 aliphatic rings. The summed E-state index contributed by atoms with van der Waals surface area (Å²) in [4.78, 5) is 0. The largest absolute Gasteiger partial charge is 0.394 e. The summed E-state index contributed by atoms with van der Waals surface area (Å²) in [5, 5.41) is 18.0. The number of hydrogen-bond acceptors (Lipinski definition) is 3. The first-order chi connectivity index (χ1) is 9.51. The molecular formula is C15H26BrN3O. The first kappa shape index (κ1) is 16.0. The molecule has 1 heterocycles. The summed E-state index contributed by atoms with van der Waals surface area (Å²) in [5.41, 5.74) is 2.14. The van der Waals surface area contributed by atoms with E-state index in [-0.39, 0.29) is 12.1 Å². The van der Waals surface area contributed by atoms with Gasteiger partial charge in [0.2, 0.25) is 0 Å². The fourth-order valence-electron chi connectivity index (χ4n) is 3.30. The molecule has 0 aliphatic heterocycles. The Morgan fingerprint density at radius 3 is 2.85 bits per heavy atom. The monoisotopic (exact) mass is 343 g/mol. The topological polar surface area (TPSA) is 50.1 Å². The van der Waals surface area contributed by atoms with Gasteiger partial charge in [0.1, 0.15) is 0 Å². The molecule has 1 aliphatic carbocycles. The highest BCUT2D eigenvalue weighted by atomic mass is 79.9. The first-order valence-electron chi connectivity index (χ1n) is 7.57. The molecule has 0 saturated heterocycles. The Labute approximate surface area is 130 Å². The summed E-state index contributed by atoms with van der Waals surface area (Å²) in [6, 6.07) is 0. The van der Waals surface area contributed by atoms with Crippen molar-refractivity contribution in [1.29, 1.82) is 0 Å². The lowest BCUT2D eigenvalue weighted by Crippen LogP contribution is -2.51. The Morgan fingerprint density at radius 2 is 2.30 bits per heavy atom. The zero-order valence-electron chi connectivity index (χ0n) is 12.7. The van der Waals surface area contributed by atoms with Crippen LogP contribution in [-0.2, 0) is 20.0 Å². The van der Waals surface area contributed by atoms with Crippen molar-refractivity contribution in [3.63, 3.8) is 0 Å². The second-order valence-electron chi connectivity index (χ2n) is 6.18. The molecular weight excluding hydrogens is 318 g/mol. The van der Waals surface area contributed by atoms with Gasteiger partial charge in [0.25, 0.3) is 0 Å². The van der Waals surface area contributed by atoms with Crippen molar-refractivity contribution in [1.82, 2.24) is 15.1 Å². The van der Waals surface area contributed by atoms with Gasteiger partial charge in [0.05, 0.1) is 22.5 Å². The van der Waals surface area contributed by atoms with Gasteiger partial charge in [-0.2, -0.15) is 5.10 Å². The number of aromatic nitrogens is 2. The Kier molecular flexibility index (Phi) is 5.26. The summed E-state index contributed by atoms with van der Waals surface area (Å²) in [6.07, 6.45) is 5.51. The van der Waals surface area contributed by atoms with Crippen LogP contribution in [0, 0.1) is 5.92 Å². The SMILES string of the molecule is CCc1nn(C)c(CNC2(CO)CCCC(C)C2)c1Br. The van der Waals surface area contributed by atoms with E-state index in [1.807, 2.05) is 11.7 Å². The number of hydrogen-bond donors (Lipinski definition) is 2. The Hall–Kier alpha value is -0.390. The van der Waals surface area contributed by atoms with Gasteiger partial charge in [-0.3, -0.25) is 4.68 Å². The van der Waals surface area contributed by atoms with Gasteiger partial charge in [-0.1, -0.05) is 26.7 Å². The number of aliphatic hydroxyl groups is 1. The van der Waals surface area contributed by atoms with Crippen molar-refractivity contribution in [3.05, 3.63) is 15.9 Å². The zero-order chi connectivity index (χ0) is 14.8. The van der Waals surface area contributed by atoms with E-state index in [1.54, 1.807) is 0 Å². The normalized spacial score (nSPS) is 26.9. The molecule has 20 heavy (non-hydrogen) atoms. The third-order valence-corrected chi connectivity index (χ3v) is 5.44. The van der Waals surface area contributed by atoms with Crippen LogP contribution in [0.1, 0.15) is 50.9 Å². The average Bonchev–Trinajstić information content (AvgIpc) is 2.71. The smallest absolute Gasteiger partial charge is 0.0767 e. The molecule has 2 atom stereocenters. The van der Waals surface area contributed by atoms with E-state index in [1.165, 1.54) is 12.8 Å². The van der Waals surface area contributed by atoms with Gasteiger partial charge in [-0.25, -0.2) is 0 Å². The highest BCUT2D eigenvalue weighted by Crippen LogP contribution is 2.32. The fraction of sp³-hybridized carbons (Fsp3) is 0.800.